The number of ketones is 1. The number of benzene rings is 1. The van der Waals surface area contributed by atoms with E-state index in [9.17, 15) is 18.0 Å². The molecule has 1 unspecified atom stereocenters. The first-order valence-corrected chi connectivity index (χ1v) is 6.31. The number of hydrogen-bond acceptors (Lipinski definition) is 3. The van der Waals surface area contributed by atoms with Crippen molar-refractivity contribution in [2.24, 2.45) is 5.41 Å². The molecule has 0 radical (unpaired) electrons. The topological polar surface area (TPSA) is 26.3 Å². The number of thiol groups is 1. The van der Waals surface area contributed by atoms with Crippen LogP contribution in [0.2, 0.25) is 5.02 Å². The van der Waals surface area contributed by atoms with E-state index in [-0.39, 0.29) is 5.75 Å². The van der Waals surface area contributed by atoms with Gasteiger partial charge in [0, 0.05) is 10.8 Å². The van der Waals surface area contributed by atoms with Gasteiger partial charge in [-0.2, -0.15) is 25.8 Å². The molecule has 1 atom stereocenters. The minimum Gasteiger partial charge on any atom is -0.486 e. The summed E-state index contributed by atoms with van der Waals surface area (Å²) in [7, 11) is 0. The van der Waals surface area contributed by atoms with Crippen LogP contribution in [-0.2, 0) is 4.79 Å². The van der Waals surface area contributed by atoms with Gasteiger partial charge >= 0.3 is 6.18 Å². The minimum absolute atomic E-state index is 0.279. The first kappa shape index (κ1) is 16.2. The standard InChI is InChI=1S/C12H12ClF3O2S/c1-11(7-19,12(14,15)16)10(17)6-18-9-4-2-8(13)3-5-9/h2-5,19H,6-7H2,1H3. The van der Waals surface area contributed by atoms with E-state index in [0.29, 0.717) is 5.02 Å². The molecule has 19 heavy (non-hydrogen) atoms. The summed E-state index contributed by atoms with van der Waals surface area (Å²) in [4.78, 5) is 11.7. The quantitative estimate of drug-likeness (QED) is 0.837. The van der Waals surface area contributed by atoms with E-state index in [0.717, 1.165) is 6.92 Å². The van der Waals surface area contributed by atoms with Crippen LogP contribution in [0.4, 0.5) is 13.2 Å². The van der Waals surface area contributed by atoms with Gasteiger partial charge in [0.15, 0.2) is 5.78 Å². The van der Waals surface area contributed by atoms with Crippen molar-refractivity contribution in [1.29, 1.82) is 0 Å². The van der Waals surface area contributed by atoms with E-state index >= 15 is 0 Å². The monoisotopic (exact) mass is 312 g/mol. The molecule has 2 nitrogen and oxygen atoms in total. The van der Waals surface area contributed by atoms with Gasteiger partial charge in [0.1, 0.15) is 17.8 Å². The molecule has 7 heteroatoms. The Labute approximate surface area is 119 Å². The molecule has 0 fully saturated rings. The predicted octanol–water partition coefficient (Wildman–Crippen LogP) is 3.79. The fourth-order valence-electron chi connectivity index (χ4n) is 1.17. The Bertz CT molecular complexity index is 447. The number of hydrogen-bond donors (Lipinski definition) is 1. The number of rotatable bonds is 5. The third kappa shape index (κ3) is 3.79. The molecule has 0 N–H and O–H groups in total. The molecule has 0 saturated carbocycles. The van der Waals surface area contributed by atoms with Gasteiger partial charge in [-0.15, -0.1) is 0 Å². The second-order valence-electron chi connectivity index (χ2n) is 4.15. The smallest absolute Gasteiger partial charge is 0.401 e. The van der Waals surface area contributed by atoms with Gasteiger partial charge < -0.3 is 4.74 Å². The molecule has 0 aromatic heterocycles. The maximum absolute atomic E-state index is 12.8. The van der Waals surface area contributed by atoms with Crippen LogP contribution < -0.4 is 4.74 Å². The summed E-state index contributed by atoms with van der Waals surface area (Å²) in [5.74, 6) is -1.41. The number of alkyl halides is 3. The van der Waals surface area contributed by atoms with Crippen LogP contribution in [0, 0.1) is 5.41 Å². The van der Waals surface area contributed by atoms with Crippen LogP contribution in [0.3, 0.4) is 0 Å². The highest BCUT2D eigenvalue weighted by Gasteiger charge is 2.55. The first-order valence-electron chi connectivity index (χ1n) is 5.30. The molecule has 0 aliphatic carbocycles. The molecule has 106 valence electrons. The Morgan fingerprint density at radius 2 is 1.84 bits per heavy atom. The van der Waals surface area contributed by atoms with E-state index in [1.54, 1.807) is 0 Å². The normalized spacial score (nSPS) is 14.8. The van der Waals surface area contributed by atoms with Gasteiger partial charge in [-0.1, -0.05) is 11.6 Å². The molecular weight excluding hydrogens is 301 g/mol. The van der Waals surface area contributed by atoms with Crippen molar-refractivity contribution in [3.8, 4) is 5.75 Å². The number of ether oxygens (including phenoxy) is 1. The van der Waals surface area contributed by atoms with Crippen molar-refractivity contribution in [3.05, 3.63) is 29.3 Å². The van der Waals surface area contributed by atoms with Gasteiger partial charge in [-0.3, -0.25) is 4.79 Å². The molecule has 1 aromatic carbocycles. The third-order valence-corrected chi connectivity index (χ3v) is 3.63. The van der Waals surface area contributed by atoms with E-state index in [1.807, 2.05) is 0 Å². The van der Waals surface area contributed by atoms with Crippen LogP contribution in [0.25, 0.3) is 0 Å². The summed E-state index contributed by atoms with van der Waals surface area (Å²) < 4.78 is 43.4. The summed E-state index contributed by atoms with van der Waals surface area (Å²) >= 11 is 9.26. The lowest BCUT2D eigenvalue weighted by molar-refractivity contribution is -0.209. The summed E-state index contributed by atoms with van der Waals surface area (Å²) in [5, 5.41) is 0.467. The summed E-state index contributed by atoms with van der Waals surface area (Å²) in [6.45, 7) is 0.145. The largest absolute Gasteiger partial charge is 0.486 e. The van der Waals surface area contributed by atoms with Crippen molar-refractivity contribution < 1.29 is 22.7 Å². The maximum Gasteiger partial charge on any atom is 0.401 e. The number of halogens is 4. The highest BCUT2D eigenvalue weighted by atomic mass is 35.5. The molecule has 0 heterocycles. The summed E-state index contributed by atoms with van der Waals surface area (Å²) in [6, 6.07) is 5.98. The lowest BCUT2D eigenvalue weighted by atomic mass is 9.87. The highest BCUT2D eigenvalue weighted by Crippen LogP contribution is 2.39. The molecule has 1 aromatic rings. The zero-order valence-corrected chi connectivity index (χ0v) is 11.6. The lowest BCUT2D eigenvalue weighted by Crippen LogP contribution is -2.46. The molecule has 0 aliphatic heterocycles. The van der Waals surface area contributed by atoms with Crippen LogP contribution in [-0.4, -0.2) is 24.3 Å². The number of carbonyl (C=O) groups excluding carboxylic acids is 1. The Balaban J connectivity index is 2.71. The average Bonchev–Trinajstić information content (AvgIpc) is 2.35. The number of carbonyl (C=O) groups is 1. The van der Waals surface area contributed by atoms with Crippen molar-refractivity contribution in [1.82, 2.24) is 0 Å². The Morgan fingerprint density at radius 1 is 1.32 bits per heavy atom. The average molecular weight is 313 g/mol. The van der Waals surface area contributed by atoms with Crippen LogP contribution in [0.1, 0.15) is 6.92 Å². The zero-order chi connectivity index (χ0) is 14.7. The van der Waals surface area contributed by atoms with Gasteiger partial charge in [0.25, 0.3) is 0 Å². The second-order valence-corrected chi connectivity index (χ2v) is 4.91. The molecule has 0 aliphatic rings. The molecule has 0 bridgehead atoms. The van der Waals surface area contributed by atoms with Crippen LogP contribution in [0.15, 0.2) is 24.3 Å². The second kappa shape index (κ2) is 6.05. The highest BCUT2D eigenvalue weighted by molar-refractivity contribution is 7.80. The number of Topliss-reactive ketones (excluding diaryl/α,β-unsaturated/α-hetero) is 1. The molecule has 0 saturated heterocycles. The molecular formula is C12H12ClF3O2S. The van der Waals surface area contributed by atoms with Crippen LogP contribution in [0.5, 0.6) is 5.75 Å². The fourth-order valence-corrected chi connectivity index (χ4v) is 1.66. The lowest BCUT2D eigenvalue weighted by Gasteiger charge is -2.28. The first-order chi connectivity index (χ1) is 8.70. The van der Waals surface area contributed by atoms with Crippen molar-refractivity contribution in [2.75, 3.05) is 12.4 Å². The fraction of sp³-hybridized carbons (Fsp3) is 0.417. The van der Waals surface area contributed by atoms with Gasteiger partial charge in [0.2, 0.25) is 0 Å². The summed E-state index contributed by atoms with van der Waals surface area (Å²) in [5.41, 5.74) is -2.51. The van der Waals surface area contributed by atoms with E-state index in [2.05, 4.69) is 12.6 Å². The summed E-state index contributed by atoms with van der Waals surface area (Å²) in [6.07, 6.45) is -4.66. The molecule has 0 spiro atoms. The predicted molar refractivity (Wildman–Crippen MR) is 70.0 cm³/mol. The van der Waals surface area contributed by atoms with Crippen molar-refractivity contribution in [2.45, 2.75) is 13.1 Å². The Kier molecular flexibility index (Phi) is 5.15. The Morgan fingerprint density at radius 3 is 2.26 bits per heavy atom. The van der Waals surface area contributed by atoms with E-state index in [1.165, 1.54) is 24.3 Å². The minimum atomic E-state index is -4.66. The Hall–Kier alpha value is -0.880. The maximum atomic E-state index is 12.8. The van der Waals surface area contributed by atoms with Gasteiger partial charge in [-0.05, 0) is 31.2 Å². The van der Waals surface area contributed by atoms with Crippen LogP contribution >= 0.6 is 24.2 Å². The third-order valence-electron chi connectivity index (χ3n) is 2.74. The van der Waals surface area contributed by atoms with Gasteiger partial charge in [-0.25, -0.2) is 0 Å². The molecule has 0 amide bonds. The van der Waals surface area contributed by atoms with E-state index < -0.39 is 29.7 Å². The van der Waals surface area contributed by atoms with Crippen molar-refractivity contribution >= 4 is 30.0 Å². The SMILES string of the molecule is CC(CS)(C(=O)COc1ccc(Cl)cc1)C(F)(F)F. The van der Waals surface area contributed by atoms with Gasteiger partial charge in [0.05, 0.1) is 0 Å². The van der Waals surface area contributed by atoms with Crippen molar-refractivity contribution in [3.63, 3.8) is 0 Å². The molecule has 1 rings (SSSR count). The zero-order valence-electron chi connectivity index (χ0n) is 10.00. The van der Waals surface area contributed by atoms with E-state index in [4.69, 9.17) is 16.3 Å².